The first kappa shape index (κ1) is 12.5. The van der Waals surface area contributed by atoms with E-state index in [2.05, 4.69) is 5.32 Å². The number of carbonyl (C=O) groups is 2. The molecule has 2 rings (SSSR count). The second-order valence-corrected chi connectivity index (χ2v) is 4.42. The first-order chi connectivity index (χ1) is 8.54. The van der Waals surface area contributed by atoms with Crippen LogP contribution in [0.25, 0.3) is 0 Å². The van der Waals surface area contributed by atoms with Crippen LogP contribution in [0.15, 0.2) is 18.2 Å². The number of esters is 1. The van der Waals surface area contributed by atoms with Gasteiger partial charge in [0.2, 0.25) is 5.91 Å². The molecule has 1 saturated heterocycles. The minimum Gasteiger partial charge on any atom is -0.460 e. The smallest absolute Gasteiger partial charge is 0.338 e. The number of hydrogen-bond acceptors (Lipinski definition) is 3. The molecule has 0 unspecified atom stereocenters. The van der Waals surface area contributed by atoms with Gasteiger partial charge in [-0.15, -0.1) is 0 Å². The maximum atomic E-state index is 13.1. The molecular weight excluding hydrogens is 237 g/mol. The summed E-state index contributed by atoms with van der Waals surface area (Å²) >= 11 is 0. The molecule has 0 bridgehead atoms. The van der Waals surface area contributed by atoms with Gasteiger partial charge in [-0.2, -0.15) is 0 Å². The van der Waals surface area contributed by atoms with Gasteiger partial charge in [0.05, 0.1) is 11.6 Å². The molecule has 1 aliphatic rings. The molecule has 0 aromatic heterocycles. The lowest BCUT2D eigenvalue weighted by Gasteiger charge is -2.11. The number of ether oxygens (including phenoxy) is 1. The minimum atomic E-state index is -0.571. The van der Waals surface area contributed by atoms with Crippen LogP contribution in [0.2, 0.25) is 0 Å². The van der Waals surface area contributed by atoms with Crippen molar-refractivity contribution in [2.45, 2.75) is 25.8 Å². The van der Waals surface area contributed by atoms with Crippen molar-refractivity contribution in [3.63, 3.8) is 0 Å². The monoisotopic (exact) mass is 251 g/mol. The zero-order valence-electron chi connectivity index (χ0n) is 10.0. The number of amides is 1. The van der Waals surface area contributed by atoms with Crippen molar-refractivity contribution >= 4 is 11.9 Å². The third kappa shape index (κ3) is 3.06. The molecule has 0 spiro atoms. The number of hydrogen-bond donors (Lipinski definition) is 1. The van der Waals surface area contributed by atoms with E-state index in [0.29, 0.717) is 18.4 Å². The Kier molecular flexibility index (Phi) is 3.60. The van der Waals surface area contributed by atoms with Crippen molar-refractivity contribution in [3.05, 3.63) is 35.1 Å². The van der Waals surface area contributed by atoms with Crippen LogP contribution in [0.5, 0.6) is 0 Å². The van der Waals surface area contributed by atoms with Gasteiger partial charge < -0.3 is 10.1 Å². The zero-order valence-corrected chi connectivity index (χ0v) is 10.0. The molecule has 1 atom stereocenters. The molecule has 0 aliphatic carbocycles. The number of halogens is 1. The van der Waals surface area contributed by atoms with Gasteiger partial charge in [-0.3, -0.25) is 4.79 Å². The first-order valence-electron chi connectivity index (χ1n) is 5.78. The molecule has 0 saturated carbocycles. The molecule has 18 heavy (non-hydrogen) atoms. The Balaban J connectivity index is 1.93. The number of rotatable bonds is 3. The van der Waals surface area contributed by atoms with E-state index in [0.717, 1.165) is 6.07 Å². The largest absolute Gasteiger partial charge is 0.460 e. The quantitative estimate of drug-likeness (QED) is 0.830. The summed E-state index contributed by atoms with van der Waals surface area (Å²) in [6.45, 7) is 1.83. The highest BCUT2D eigenvalue weighted by molar-refractivity contribution is 5.89. The summed E-state index contributed by atoms with van der Waals surface area (Å²) < 4.78 is 18.2. The Morgan fingerprint density at radius 3 is 2.89 bits per heavy atom. The van der Waals surface area contributed by atoms with Crippen molar-refractivity contribution in [1.29, 1.82) is 0 Å². The third-order valence-corrected chi connectivity index (χ3v) is 2.78. The van der Waals surface area contributed by atoms with Crippen LogP contribution >= 0.6 is 0 Å². The molecule has 1 N–H and O–H groups in total. The molecule has 1 aromatic rings. The third-order valence-electron chi connectivity index (χ3n) is 2.78. The summed E-state index contributed by atoms with van der Waals surface area (Å²) in [6, 6.07) is 3.92. The van der Waals surface area contributed by atoms with E-state index in [4.69, 9.17) is 4.74 Å². The van der Waals surface area contributed by atoms with Gasteiger partial charge in [-0.1, -0.05) is 0 Å². The number of aryl methyl sites for hydroxylation is 1. The van der Waals surface area contributed by atoms with Crippen molar-refractivity contribution in [2.75, 3.05) is 6.61 Å². The van der Waals surface area contributed by atoms with Crippen LogP contribution < -0.4 is 5.32 Å². The highest BCUT2D eigenvalue weighted by atomic mass is 19.1. The summed E-state index contributed by atoms with van der Waals surface area (Å²) in [4.78, 5) is 22.6. The molecule has 96 valence electrons. The van der Waals surface area contributed by atoms with Gasteiger partial charge >= 0.3 is 5.97 Å². The highest BCUT2D eigenvalue weighted by Crippen LogP contribution is 2.11. The van der Waals surface area contributed by atoms with E-state index >= 15 is 0 Å². The molecule has 4 nitrogen and oxygen atoms in total. The Labute approximate surface area is 104 Å². The van der Waals surface area contributed by atoms with E-state index in [1.54, 1.807) is 13.0 Å². The zero-order chi connectivity index (χ0) is 13.1. The Hall–Kier alpha value is -1.91. The second-order valence-electron chi connectivity index (χ2n) is 4.42. The van der Waals surface area contributed by atoms with Gasteiger partial charge in [0.15, 0.2) is 0 Å². The normalized spacial score (nSPS) is 18.6. The fourth-order valence-electron chi connectivity index (χ4n) is 1.92. The van der Waals surface area contributed by atoms with Crippen LogP contribution in [-0.4, -0.2) is 24.5 Å². The fraction of sp³-hybridized carbons (Fsp3) is 0.385. The van der Waals surface area contributed by atoms with Crippen LogP contribution in [0.4, 0.5) is 4.39 Å². The van der Waals surface area contributed by atoms with Gasteiger partial charge in [-0.25, -0.2) is 9.18 Å². The number of benzene rings is 1. The summed E-state index contributed by atoms with van der Waals surface area (Å²) in [7, 11) is 0. The SMILES string of the molecule is Cc1cc(F)cc(C(=O)OC[C@H]2CCC(=O)N2)c1. The van der Waals surface area contributed by atoms with Gasteiger partial charge in [0, 0.05) is 6.42 Å². The van der Waals surface area contributed by atoms with E-state index < -0.39 is 11.8 Å². The number of carbonyl (C=O) groups excluding carboxylic acids is 2. The Morgan fingerprint density at radius 1 is 1.50 bits per heavy atom. The lowest BCUT2D eigenvalue weighted by molar-refractivity contribution is -0.119. The predicted octanol–water partition coefficient (Wildman–Crippen LogP) is 1.57. The molecule has 1 aromatic carbocycles. The molecule has 1 fully saturated rings. The van der Waals surface area contributed by atoms with Crippen LogP contribution in [-0.2, 0) is 9.53 Å². The van der Waals surface area contributed by atoms with Crippen molar-refractivity contribution in [3.8, 4) is 0 Å². The molecule has 1 aliphatic heterocycles. The molecule has 1 amide bonds. The average Bonchev–Trinajstić information content (AvgIpc) is 2.70. The maximum absolute atomic E-state index is 13.1. The van der Waals surface area contributed by atoms with E-state index in [-0.39, 0.29) is 24.1 Å². The summed E-state index contributed by atoms with van der Waals surface area (Å²) in [5.41, 5.74) is 0.855. The highest BCUT2D eigenvalue weighted by Gasteiger charge is 2.22. The van der Waals surface area contributed by atoms with Crippen molar-refractivity contribution < 1.29 is 18.7 Å². The lowest BCUT2D eigenvalue weighted by Crippen LogP contribution is -2.30. The second kappa shape index (κ2) is 5.16. The Morgan fingerprint density at radius 2 is 2.28 bits per heavy atom. The summed E-state index contributed by atoms with van der Waals surface area (Å²) in [6.07, 6.45) is 1.12. The van der Waals surface area contributed by atoms with Gasteiger partial charge in [-0.05, 0) is 37.1 Å². The molecule has 5 heteroatoms. The van der Waals surface area contributed by atoms with E-state index in [1.807, 2.05) is 0 Å². The van der Waals surface area contributed by atoms with Crippen LogP contribution in [0.1, 0.15) is 28.8 Å². The summed E-state index contributed by atoms with van der Waals surface area (Å²) in [5, 5.41) is 2.69. The maximum Gasteiger partial charge on any atom is 0.338 e. The van der Waals surface area contributed by atoms with Gasteiger partial charge in [0.1, 0.15) is 12.4 Å². The fourth-order valence-corrected chi connectivity index (χ4v) is 1.92. The first-order valence-corrected chi connectivity index (χ1v) is 5.78. The van der Waals surface area contributed by atoms with Crippen LogP contribution in [0.3, 0.4) is 0 Å². The predicted molar refractivity (Wildman–Crippen MR) is 62.6 cm³/mol. The minimum absolute atomic E-state index is 0.0300. The number of nitrogens with one attached hydrogen (secondary N) is 1. The lowest BCUT2D eigenvalue weighted by atomic mass is 10.1. The average molecular weight is 251 g/mol. The van der Waals surface area contributed by atoms with E-state index in [9.17, 15) is 14.0 Å². The van der Waals surface area contributed by atoms with E-state index in [1.165, 1.54) is 6.07 Å². The molecule has 0 radical (unpaired) electrons. The standard InChI is InChI=1S/C13H14FNO3/c1-8-4-9(6-10(14)5-8)13(17)18-7-11-2-3-12(16)15-11/h4-6,11H,2-3,7H2,1H3,(H,15,16)/t11-/m1/s1. The van der Waals surface area contributed by atoms with Crippen molar-refractivity contribution in [1.82, 2.24) is 5.32 Å². The topological polar surface area (TPSA) is 55.4 Å². The summed E-state index contributed by atoms with van der Waals surface area (Å²) in [5.74, 6) is -1.06. The van der Waals surface area contributed by atoms with Crippen LogP contribution in [0, 0.1) is 12.7 Å². The Bertz CT molecular complexity index is 467. The molecule has 1 heterocycles. The van der Waals surface area contributed by atoms with Crippen molar-refractivity contribution in [2.24, 2.45) is 0 Å². The van der Waals surface area contributed by atoms with Gasteiger partial charge in [0.25, 0.3) is 0 Å². The molecular formula is C13H14FNO3.